The third kappa shape index (κ3) is 16.4. The predicted octanol–water partition coefficient (Wildman–Crippen LogP) is 4.28. The van der Waals surface area contributed by atoms with E-state index in [1.807, 2.05) is 60.7 Å². The molecule has 28 heavy (non-hydrogen) atoms. The first-order valence-corrected chi connectivity index (χ1v) is 9.07. The van der Waals surface area contributed by atoms with Crippen LogP contribution in [-0.2, 0) is 19.1 Å². The maximum absolute atomic E-state index is 9.70. The van der Waals surface area contributed by atoms with Gasteiger partial charge in [-0.3, -0.25) is 9.59 Å². The van der Waals surface area contributed by atoms with Crippen molar-refractivity contribution in [3.05, 3.63) is 60.7 Å². The van der Waals surface area contributed by atoms with Gasteiger partial charge < -0.3 is 18.9 Å². The van der Waals surface area contributed by atoms with Crippen LogP contribution < -0.4 is 9.47 Å². The Bertz CT molecular complexity index is 521. The molecule has 0 saturated carbocycles. The van der Waals surface area contributed by atoms with Crippen molar-refractivity contribution < 1.29 is 28.5 Å². The summed E-state index contributed by atoms with van der Waals surface area (Å²) >= 11 is 0. The van der Waals surface area contributed by atoms with Crippen molar-refractivity contribution in [3.8, 4) is 11.5 Å². The van der Waals surface area contributed by atoms with Gasteiger partial charge in [0.05, 0.1) is 27.4 Å². The van der Waals surface area contributed by atoms with E-state index in [1.165, 1.54) is 0 Å². The molecule has 6 heteroatoms. The highest BCUT2D eigenvalue weighted by atomic mass is 16.5. The van der Waals surface area contributed by atoms with Crippen LogP contribution in [0.5, 0.6) is 11.5 Å². The van der Waals surface area contributed by atoms with E-state index < -0.39 is 0 Å². The average Bonchev–Trinajstić information content (AvgIpc) is 2.77. The second-order valence-corrected chi connectivity index (χ2v) is 5.38. The molecule has 0 amide bonds. The highest BCUT2D eigenvalue weighted by Gasteiger charge is 1.90. The van der Waals surface area contributed by atoms with Gasteiger partial charge in [0, 0.05) is 0 Å². The van der Waals surface area contributed by atoms with Crippen LogP contribution in [-0.4, -0.2) is 40.4 Å². The van der Waals surface area contributed by atoms with Gasteiger partial charge >= 0.3 is 0 Å². The van der Waals surface area contributed by atoms with Crippen LogP contribution in [0.4, 0.5) is 0 Å². The van der Waals surface area contributed by atoms with Gasteiger partial charge in [-0.05, 0) is 49.9 Å². The maximum Gasteiger partial charge on any atom is 0.293 e. The fraction of sp³-hybridized carbons (Fsp3) is 0.364. The zero-order chi connectivity index (χ0) is 20.7. The van der Waals surface area contributed by atoms with E-state index in [0.717, 1.165) is 37.2 Å². The Balaban J connectivity index is 0.000000402. The Labute approximate surface area is 167 Å². The second kappa shape index (κ2) is 20.3. The van der Waals surface area contributed by atoms with Crippen LogP contribution in [0, 0.1) is 0 Å². The van der Waals surface area contributed by atoms with Crippen molar-refractivity contribution in [3.63, 3.8) is 0 Å². The molecule has 0 atom stereocenters. The van der Waals surface area contributed by atoms with Gasteiger partial charge in [0.1, 0.15) is 11.5 Å². The van der Waals surface area contributed by atoms with Gasteiger partial charge in [0.2, 0.25) is 0 Å². The summed E-state index contributed by atoms with van der Waals surface area (Å²) in [5.74, 6) is 1.82. The molecule has 0 saturated heterocycles. The number of hydrogen-bond donors (Lipinski definition) is 0. The minimum atomic E-state index is 0.454. The van der Waals surface area contributed by atoms with Crippen molar-refractivity contribution >= 4 is 12.9 Å². The van der Waals surface area contributed by atoms with Crippen molar-refractivity contribution in [2.75, 3.05) is 27.4 Å². The molecule has 0 aromatic heterocycles. The number of carbonyl (C=O) groups is 2. The highest BCUT2D eigenvalue weighted by molar-refractivity contribution is 5.37. The third-order valence-corrected chi connectivity index (χ3v) is 3.37. The number of carbonyl (C=O) groups excluding carboxylic acids is 2. The van der Waals surface area contributed by atoms with E-state index in [0.29, 0.717) is 26.2 Å². The molecule has 0 radical (unpaired) electrons. The molecule has 0 fully saturated rings. The lowest BCUT2D eigenvalue weighted by Crippen LogP contribution is -1.94. The van der Waals surface area contributed by atoms with Crippen LogP contribution in [0.1, 0.15) is 25.7 Å². The molecule has 0 bridgehead atoms. The van der Waals surface area contributed by atoms with Gasteiger partial charge in [-0.2, -0.15) is 0 Å². The van der Waals surface area contributed by atoms with Crippen molar-refractivity contribution in [1.82, 2.24) is 0 Å². The van der Waals surface area contributed by atoms with E-state index in [1.54, 1.807) is 14.2 Å². The molecule has 0 N–H and O–H groups in total. The van der Waals surface area contributed by atoms with Gasteiger partial charge in [-0.15, -0.1) is 0 Å². The molecule has 154 valence electrons. The normalized spacial score (nSPS) is 8.79. The second-order valence-electron chi connectivity index (χ2n) is 5.38. The van der Waals surface area contributed by atoms with Crippen LogP contribution in [0.2, 0.25) is 0 Å². The van der Waals surface area contributed by atoms with E-state index in [4.69, 9.17) is 9.47 Å². The lowest BCUT2D eigenvalue weighted by Gasteiger charge is -1.99. The van der Waals surface area contributed by atoms with E-state index >= 15 is 0 Å². The van der Waals surface area contributed by atoms with Crippen molar-refractivity contribution in [1.29, 1.82) is 0 Å². The predicted molar refractivity (Wildman–Crippen MR) is 108 cm³/mol. The Kier molecular flexibility index (Phi) is 18.1. The fourth-order valence-electron chi connectivity index (χ4n) is 1.93. The summed E-state index contributed by atoms with van der Waals surface area (Å²) in [6, 6.07) is 19.4. The number of ether oxygens (including phenoxy) is 4. The molecule has 0 aliphatic heterocycles. The van der Waals surface area contributed by atoms with Crippen LogP contribution in [0.3, 0.4) is 0 Å². The van der Waals surface area contributed by atoms with Crippen molar-refractivity contribution in [2.24, 2.45) is 0 Å². The molecule has 2 rings (SSSR count). The molecule has 0 aliphatic rings. The molecule has 6 nitrogen and oxygen atoms in total. The fourth-order valence-corrected chi connectivity index (χ4v) is 1.93. The molecule has 0 heterocycles. The Morgan fingerprint density at radius 1 is 0.607 bits per heavy atom. The van der Waals surface area contributed by atoms with Crippen LogP contribution in [0.25, 0.3) is 0 Å². The average molecular weight is 390 g/mol. The number of benzene rings is 2. The standard InChI is InChI=1S/C8H14O4.2C7H8O/c9-7-11-5-3-1-2-4-6-12-8-10;2*1-8-7-5-3-2-4-6-7/h7-8H,1-6H2;2*2-6H,1H3. The Morgan fingerprint density at radius 3 is 1.21 bits per heavy atom. The van der Waals surface area contributed by atoms with E-state index in [-0.39, 0.29) is 0 Å². The zero-order valence-corrected chi connectivity index (χ0v) is 16.6. The number of unbranched alkanes of at least 4 members (excludes halogenated alkanes) is 3. The first-order valence-electron chi connectivity index (χ1n) is 9.07. The van der Waals surface area contributed by atoms with Crippen LogP contribution >= 0.6 is 0 Å². The first-order chi connectivity index (χ1) is 13.8. The summed E-state index contributed by atoms with van der Waals surface area (Å²) in [7, 11) is 3.32. The molecular formula is C22H30O6. The smallest absolute Gasteiger partial charge is 0.293 e. The highest BCUT2D eigenvalue weighted by Crippen LogP contribution is 2.06. The molecule has 0 aliphatic carbocycles. The zero-order valence-electron chi connectivity index (χ0n) is 16.6. The number of rotatable bonds is 11. The summed E-state index contributed by atoms with van der Waals surface area (Å²) in [6.45, 7) is 1.88. The molecule has 2 aromatic carbocycles. The molecule has 0 unspecified atom stereocenters. The van der Waals surface area contributed by atoms with Crippen LogP contribution in [0.15, 0.2) is 60.7 Å². The lowest BCUT2D eigenvalue weighted by molar-refractivity contribution is -0.129. The summed E-state index contributed by atoms with van der Waals surface area (Å²) in [4.78, 5) is 19.4. The van der Waals surface area contributed by atoms with Crippen molar-refractivity contribution in [2.45, 2.75) is 25.7 Å². The van der Waals surface area contributed by atoms with Gasteiger partial charge in [-0.25, -0.2) is 0 Å². The van der Waals surface area contributed by atoms with Gasteiger partial charge in [0.25, 0.3) is 12.9 Å². The number of hydrogen-bond acceptors (Lipinski definition) is 6. The van der Waals surface area contributed by atoms with E-state index in [2.05, 4.69) is 9.47 Å². The largest absolute Gasteiger partial charge is 0.497 e. The quantitative estimate of drug-likeness (QED) is 0.421. The summed E-state index contributed by atoms with van der Waals surface area (Å²) in [6.07, 6.45) is 3.74. The minimum absolute atomic E-state index is 0.454. The van der Waals surface area contributed by atoms with E-state index in [9.17, 15) is 9.59 Å². The van der Waals surface area contributed by atoms with Gasteiger partial charge in [-0.1, -0.05) is 36.4 Å². The molecule has 2 aromatic rings. The Morgan fingerprint density at radius 2 is 0.964 bits per heavy atom. The monoisotopic (exact) mass is 390 g/mol. The Hall–Kier alpha value is -3.02. The number of para-hydroxylation sites is 2. The maximum atomic E-state index is 9.70. The summed E-state index contributed by atoms with van der Waals surface area (Å²) < 4.78 is 18.8. The minimum Gasteiger partial charge on any atom is -0.497 e. The number of methoxy groups -OCH3 is 2. The lowest BCUT2D eigenvalue weighted by atomic mass is 10.2. The summed E-state index contributed by atoms with van der Waals surface area (Å²) in [5.41, 5.74) is 0. The summed E-state index contributed by atoms with van der Waals surface area (Å²) in [5, 5.41) is 0. The first kappa shape index (κ1) is 25.0. The third-order valence-electron chi connectivity index (χ3n) is 3.37. The van der Waals surface area contributed by atoms with Gasteiger partial charge in [0.15, 0.2) is 0 Å². The molecule has 0 spiro atoms. The SMILES string of the molecule is COc1ccccc1.COc1ccccc1.O=COCCCCCCOC=O. The topological polar surface area (TPSA) is 71.1 Å². The molecular weight excluding hydrogens is 360 g/mol.